The number of hydrogen-bond donors (Lipinski definition) is 2. The summed E-state index contributed by atoms with van der Waals surface area (Å²) in [6.45, 7) is 7.32. The van der Waals surface area contributed by atoms with Crippen LogP contribution in [0.15, 0.2) is 41.3 Å². The van der Waals surface area contributed by atoms with Gasteiger partial charge < -0.3 is 10.2 Å². The first-order valence-corrected chi connectivity index (χ1v) is 11.4. The summed E-state index contributed by atoms with van der Waals surface area (Å²) >= 11 is 0. The number of nitrogens with zero attached hydrogens (tertiary/aromatic N) is 1. The van der Waals surface area contributed by atoms with Crippen LogP contribution < -0.4 is 14.9 Å². The van der Waals surface area contributed by atoms with Gasteiger partial charge in [0.15, 0.2) is 0 Å². The van der Waals surface area contributed by atoms with Crippen molar-refractivity contribution in [3.8, 4) is 0 Å². The predicted octanol–water partition coefficient (Wildman–Crippen LogP) is 2.91. The summed E-state index contributed by atoms with van der Waals surface area (Å²) in [5, 5.41) is 2.82. The van der Waals surface area contributed by atoms with Crippen LogP contribution in [0.5, 0.6) is 0 Å². The van der Waals surface area contributed by atoms with E-state index in [1.165, 1.54) is 13.0 Å². The molecule has 0 fully saturated rings. The van der Waals surface area contributed by atoms with E-state index < -0.39 is 10.0 Å². The van der Waals surface area contributed by atoms with Gasteiger partial charge in [-0.25, -0.2) is 13.1 Å². The molecule has 1 aliphatic heterocycles. The Morgan fingerprint density at radius 1 is 1.17 bits per heavy atom. The van der Waals surface area contributed by atoms with Gasteiger partial charge in [-0.15, -0.1) is 0 Å². The lowest BCUT2D eigenvalue weighted by molar-refractivity contribution is -0.117. The number of rotatable bonds is 6. The Labute approximate surface area is 177 Å². The molecule has 1 atom stereocenters. The van der Waals surface area contributed by atoms with Gasteiger partial charge in [-0.2, -0.15) is 0 Å². The van der Waals surface area contributed by atoms with Crippen molar-refractivity contribution >= 4 is 33.2 Å². The summed E-state index contributed by atoms with van der Waals surface area (Å²) in [5.41, 5.74) is 4.36. The zero-order chi connectivity index (χ0) is 22.1. The van der Waals surface area contributed by atoms with Crippen molar-refractivity contribution in [1.29, 1.82) is 0 Å². The van der Waals surface area contributed by atoms with Gasteiger partial charge in [-0.05, 0) is 68.1 Å². The van der Waals surface area contributed by atoms with Crippen LogP contribution in [0, 0.1) is 13.8 Å². The third-order valence-electron chi connectivity index (χ3n) is 5.44. The highest BCUT2D eigenvalue weighted by molar-refractivity contribution is 7.89. The second kappa shape index (κ2) is 8.57. The van der Waals surface area contributed by atoms with Gasteiger partial charge in [0.2, 0.25) is 21.8 Å². The first-order valence-electron chi connectivity index (χ1n) is 9.88. The fraction of sp³-hybridized carbons (Fsp3) is 0.364. The van der Waals surface area contributed by atoms with Crippen LogP contribution in [0.2, 0.25) is 0 Å². The molecule has 3 rings (SSSR count). The van der Waals surface area contributed by atoms with Gasteiger partial charge in [-0.1, -0.05) is 12.1 Å². The molecule has 0 saturated carbocycles. The van der Waals surface area contributed by atoms with E-state index in [1.807, 2.05) is 39.0 Å². The molecule has 0 spiro atoms. The number of fused-ring (bicyclic) bond motifs is 1. The largest absolute Gasteiger partial charge is 0.326 e. The number of nitrogens with one attached hydrogen (secondary N) is 2. The average Bonchev–Trinajstić information content (AvgIpc) is 3.00. The standard InChI is InChI=1S/C22H27N3O4S/c1-14-6-5-7-20(16(14)3)24-22(27)10-11-23-30(28,29)19-8-9-21-18(13-19)12-15(2)25(21)17(4)26/h5-9,13,15,23H,10-12H2,1-4H3,(H,24,27)/t15-/m0/s1. The van der Waals surface area contributed by atoms with Crippen LogP contribution in [0.25, 0.3) is 0 Å². The topological polar surface area (TPSA) is 95.6 Å². The van der Waals surface area contributed by atoms with E-state index in [0.29, 0.717) is 6.42 Å². The van der Waals surface area contributed by atoms with E-state index in [1.54, 1.807) is 17.0 Å². The number of aryl methyl sites for hydroxylation is 1. The first kappa shape index (κ1) is 22.0. The number of carbonyl (C=O) groups is 2. The van der Waals surface area contributed by atoms with Crippen LogP contribution in [0.1, 0.15) is 37.0 Å². The summed E-state index contributed by atoms with van der Waals surface area (Å²) in [6.07, 6.45) is 0.628. The number of hydrogen-bond acceptors (Lipinski definition) is 4. The predicted molar refractivity (Wildman–Crippen MR) is 117 cm³/mol. The molecule has 1 aliphatic rings. The maximum atomic E-state index is 12.6. The molecule has 2 N–H and O–H groups in total. The maximum absolute atomic E-state index is 12.6. The quantitative estimate of drug-likeness (QED) is 0.738. The lowest BCUT2D eigenvalue weighted by Crippen LogP contribution is -2.33. The Morgan fingerprint density at radius 2 is 1.90 bits per heavy atom. The molecule has 8 heteroatoms. The Balaban J connectivity index is 1.62. The van der Waals surface area contributed by atoms with E-state index >= 15 is 0 Å². The monoisotopic (exact) mass is 429 g/mol. The van der Waals surface area contributed by atoms with E-state index in [-0.39, 0.29) is 35.7 Å². The number of carbonyl (C=O) groups excluding carboxylic acids is 2. The number of benzene rings is 2. The SMILES string of the molecule is CC(=O)N1c2ccc(S(=O)(=O)NCCC(=O)Nc3cccc(C)c3C)cc2C[C@@H]1C. The number of sulfonamides is 1. The molecule has 1 heterocycles. The van der Waals surface area contributed by atoms with Crippen LogP contribution in [0.4, 0.5) is 11.4 Å². The molecule has 0 aliphatic carbocycles. The molecule has 2 amide bonds. The highest BCUT2D eigenvalue weighted by Gasteiger charge is 2.30. The minimum Gasteiger partial charge on any atom is -0.326 e. The van der Waals surface area contributed by atoms with Crippen molar-refractivity contribution in [1.82, 2.24) is 4.72 Å². The van der Waals surface area contributed by atoms with Gasteiger partial charge in [0, 0.05) is 37.3 Å². The molecular weight excluding hydrogens is 402 g/mol. The van der Waals surface area contributed by atoms with Crippen LogP contribution in [0.3, 0.4) is 0 Å². The zero-order valence-corrected chi connectivity index (χ0v) is 18.5. The molecular formula is C22H27N3O4S. The maximum Gasteiger partial charge on any atom is 0.240 e. The third kappa shape index (κ3) is 4.55. The van der Waals surface area contributed by atoms with E-state index in [9.17, 15) is 18.0 Å². The van der Waals surface area contributed by atoms with Gasteiger partial charge in [0.05, 0.1) is 4.90 Å². The van der Waals surface area contributed by atoms with Crippen LogP contribution in [-0.2, 0) is 26.0 Å². The summed E-state index contributed by atoms with van der Waals surface area (Å²) < 4.78 is 27.8. The van der Waals surface area contributed by atoms with E-state index in [0.717, 1.165) is 28.1 Å². The molecule has 2 aromatic rings. The molecule has 30 heavy (non-hydrogen) atoms. The highest BCUT2D eigenvalue weighted by Crippen LogP contribution is 2.33. The first-order chi connectivity index (χ1) is 14.1. The Morgan fingerprint density at radius 3 is 2.60 bits per heavy atom. The molecule has 0 unspecified atom stereocenters. The molecule has 0 aromatic heterocycles. The van der Waals surface area contributed by atoms with Gasteiger partial charge >= 0.3 is 0 Å². The Kier molecular flexibility index (Phi) is 6.28. The van der Waals surface area contributed by atoms with Gasteiger partial charge in [0.25, 0.3) is 0 Å². The minimum atomic E-state index is -3.75. The summed E-state index contributed by atoms with van der Waals surface area (Å²) in [4.78, 5) is 25.8. The third-order valence-corrected chi connectivity index (χ3v) is 6.90. The smallest absolute Gasteiger partial charge is 0.240 e. The summed E-state index contributed by atoms with van der Waals surface area (Å²) in [7, 11) is -3.75. The number of anilines is 2. The average molecular weight is 430 g/mol. The second-order valence-electron chi connectivity index (χ2n) is 7.68. The van der Waals surface area contributed by atoms with Gasteiger partial charge in [0.1, 0.15) is 0 Å². The molecule has 0 radical (unpaired) electrons. The van der Waals surface area contributed by atoms with Crippen molar-refractivity contribution in [2.75, 3.05) is 16.8 Å². The van der Waals surface area contributed by atoms with Crippen molar-refractivity contribution in [2.24, 2.45) is 0 Å². The molecule has 7 nitrogen and oxygen atoms in total. The zero-order valence-electron chi connectivity index (χ0n) is 17.7. The lowest BCUT2D eigenvalue weighted by atomic mass is 10.1. The fourth-order valence-electron chi connectivity index (χ4n) is 3.74. The lowest BCUT2D eigenvalue weighted by Gasteiger charge is -2.20. The summed E-state index contributed by atoms with van der Waals surface area (Å²) in [6, 6.07) is 10.4. The fourth-order valence-corrected chi connectivity index (χ4v) is 4.82. The van der Waals surface area contributed by atoms with Gasteiger partial charge in [-0.3, -0.25) is 9.59 Å². The van der Waals surface area contributed by atoms with Crippen molar-refractivity contribution in [2.45, 2.75) is 51.5 Å². The van der Waals surface area contributed by atoms with E-state index in [2.05, 4.69) is 10.0 Å². The molecule has 0 bridgehead atoms. The molecule has 2 aromatic carbocycles. The number of amides is 2. The summed E-state index contributed by atoms with van der Waals surface area (Å²) in [5.74, 6) is -0.323. The van der Waals surface area contributed by atoms with Crippen molar-refractivity contribution < 1.29 is 18.0 Å². The highest BCUT2D eigenvalue weighted by atomic mass is 32.2. The molecule has 0 saturated heterocycles. The van der Waals surface area contributed by atoms with E-state index in [4.69, 9.17) is 0 Å². The van der Waals surface area contributed by atoms with Crippen molar-refractivity contribution in [3.63, 3.8) is 0 Å². The van der Waals surface area contributed by atoms with Crippen LogP contribution in [-0.4, -0.2) is 32.8 Å². The van der Waals surface area contributed by atoms with Crippen molar-refractivity contribution in [3.05, 3.63) is 53.1 Å². The molecule has 160 valence electrons. The Hall–Kier alpha value is -2.71. The van der Waals surface area contributed by atoms with Crippen LogP contribution >= 0.6 is 0 Å². The Bertz CT molecular complexity index is 1100. The second-order valence-corrected chi connectivity index (χ2v) is 9.44. The normalized spacial score (nSPS) is 15.7. The minimum absolute atomic E-state index is 0.00260.